The number of benzene rings is 1. The minimum absolute atomic E-state index is 0.177. The number of para-hydroxylation sites is 1. The van der Waals surface area contributed by atoms with Gasteiger partial charge in [-0.2, -0.15) is 13.2 Å². The molecule has 0 atom stereocenters. The first-order valence-electron chi connectivity index (χ1n) is 5.67. The molecule has 0 aliphatic carbocycles. The number of hydrogen-bond donors (Lipinski definition) is 2. The first kappa shape index (κ1) is 16.3. The quantitative estimate of drug-likeness (QED) is 0.510. The number of carbonyl (C=O) groups excluding carboxylic acids is 2. The van der Waals surface area contributed by atoms with Gasteiger partial charge in [0.05, 0.1) is 11.3 Å². The van der Waals surface area contributed by atoms with Gasteiger partial charge in [0.1, 0.15) is 0 Å². The maximum absolute atomic E-state index is 12.7. The van der Waals surface area contributed by atoms with Gasteiger partial charge in [-0.15, -0.1) is 11.6 Å². The summed E-state index contributed by atoms with van der Waals surface area (Å²) in [6.07, 6.45) is -4.15. The monoisotopic (exact) mass is 308 g/mol. The summed E-state index contributed by atoms with van der Waals surface area (Å²) >= 11 is 5.39. The smallest absolute Gasteiger partial charge is 0.348 e. The van der Waals surface area contributed by atoms with Crippen molar-refractivity contribution in [1.82, 2.24) is 5.32 Å². The Kier molecular flexibility index (Phi) is 5.82. The highest BCUT2D eigenvalue weighted by molar-refractivity contribution is 6.39. The van der Waals surface area contributed by atoms with Crippen LogP contribution in [0.15, 0.2) is 24.3 Å². The van der Waals surface area contributed by atoms with Crippen molar-refractivity contribution in [3.63, 3.8) is 0 Å². The molecule has 1 rings (SSSR count). The Hall–Kier alpha value is -1.76. The molecule has 2 N–H and O–H groups in total. The second-order valence-electron chi connectivity index (χ2n) is 3.80. The fourth-order valence-corrected chi connectivity index (χ4v) is 1.50. The molecule has 4 nitrogen and oxygen atoms in total. The predicted molar refractivity (Wildman–Crippen MR) is 68.4 cm³/mol. The summed E-state index contributed by atoms with van der Waals surface area (Å²) in [5, 5.41) is 4.18. The summed E-state index contributed by atoms with van der Waals surface area (Å²) in [5.41, 5.74) is -1.47. The molecule has 0 heterocycles. The van der Waals surface area contributed by atoms with E-state index in [4.69, 9.17) is 11.6 Å². The van der Waals surface area contributed by atoms with Crippen molar-refractivity contribution in [2.24, 2.45) is 0 Å². The second kappa shape index (κ2) is 7.14. The molecular weight excluding hydrogens is 297 g/mol. The van der Waals surface area contributed by atoms with Gasteiger partial charge in [-0.05, 0) is 18.6 Å². The Morgan fingerprint density at radius 3 is 2.40 bits per heavy atom. The standard InChI is InChI=1S/C12H12ClF3N2O2/c13-6-3-7-17-10(19)11(20)18-9-5-2-1-4-8(9)12(14,15)16/h1-2,4-5H,3,6-7H2,(H,17,19)(H,18,20). The number of hydrogen-bond acceptors (Lipinski definition) is 2. The van der Waals surface area contributed by atoms with Crippen LogP contribution in [0, 0.1) is 0 Å². The number of rotatable bonds is 4. The van der Waals surface area contributed by atoms with E-state index in [0.29, 0.717) is 12.3 Å². The fourth-order valence-electron chi connectivity index (χ4n) is 1.37. The molecule has 0 fully saturated rings. The predicted octanol–water partition coefficient (Wildman–Crippen LogP) is 2.39. The minimum Gasteiger partial charge on any atom is -0.348 e. The second-order valence-corrected chi connectivity index (χ2v) is 4.17. The SMILES string of the molecule is O=C(NCCCCl)C(=O)Nc1ccccc1C(F)(F)F. The zero-order valence-corrected chi connectivity index (χ0v) is 11.0. The van der Waals surface area contributed by atoms with Crippen LogP contribution in [0.2, 0.25) is 0 Å². The van der Waals surface area contributed by atoms with Crippen molar-refractivity contribution < 1.29 is 22.8 Å². The third kappa shape index (κ3) is 4.73. The van der Waals surface area contributed by atoms with Gasteiger partial charge < -0.3 is 10.6 Å². The molecule has 0 bridgehead atoms. The average Bonchev–Trinajstić information content (AvgIpc) is 2.38. The van der Waals surface area contributed by atoms with Crippen LogP contribution in [-0.2, 0) is 15.8 Å². The summed E-state index contributed by atoms with van der Waals surface area (Å²) < 4.78 is 38.0. The average molecular weight is 309 g/mol. The van der Waals surface area contributed by atoms with Crippen LogP contribution >= 0.6 is 11.6 Å². The van der Waals surface area contributed by atoms with Gasteiger partial charge in [-0.25, -0.2) is 0 Å². The molecule has 2 amide bonds. The van der Waals surface area contributed by atoms with Crippen molar-refractivity contribution in [3.05, 3.63) is 29.8 Å². The van der Waals surface area contributed by atoms with E-state index in [2.05, 4.69) is 5.32 Å². The van der Waals surface area contributed by atoms with E-state index in [9.17, 15) is 22.8 Å². The summed E-state index contributed by atoms with van der Waals surface area (Å²) in [6, 6.07) is 4.42. The summed E-state index contributed by atoms with van der Waals surface area (Å²) in [6.45, 7) is 0.177. The minimum atomic E-state index is -4.61. The number of halogens is 4. The Morgan fingerprint density at radius 1 is 1.15 bits per heavy atom. The van der Waals surface area contributed by atoms with E-state index in [0.717, 1.165) is 12.1 Å². The molecular formula is C12H12ClF3N2O2. The molecule has 0 aliphatic heterocycles. The van der Waals surface area contributed by atoms with Crippen LogP contribution in [0.3, 0.4) is 0 Å². The largest absolute Gasteiger partial charge is 0.418 e. The molecule has 0 saturated carbocycles. The highest BCUT2D eigenvalue weighted by Crippen LogP contribution is 2.34. The van der Waals surface area contributed by atoms with Gasteiger partial charge in [0.2, 0.25) is 0 Å². The Labute approximate surface area is 118 Å². The lowest BCUT2D eigenvalue weighted by atomic mass is 10.1. The van der Waals surface area contributed by atoms with Crippen LogP contribution < -0.4 is 10.6 Å². The van der Waals surface area contributed by atoms with Crippen LogP contribution in [-0.4, -0.2) is 24.2 Å². The van der Waals surface area contributed by atoms with Gasteiger partial charge in [0.15, 0.2) is 0 Å². The molecule has 8 heteroatoms. The molecule has 1 aromatic carbocycles. The van der Waals surface area contributed by atoms with Crippen molar-refractivity contribution in [2.75, 3.05) is 17.7 Å². The van der Waals surface area contributed by atoms with Gasteiger partial charge >= 0.3 is 18.0 Å². The zero-order chi connectivity index (χ0) is 15.2. The van der Waals surface area contributed by atoms with Gasteiger partial charge in [-0.3, -0.25) is 9.59 Å². The maximum Gasteiger partial charge on any atom is 0.418 e. The summed E-state index contributed by atoms with van der Waals surface area (Å²) in [7, 11) is 0. The Bertz CT molecular complexity index is 492. The molecule has 0 aliphatic rings. The van der Waals surface area contributed by atoms with E-state index in [-0.39, 0.29) is 6.54 Å². The molecule has 0 radical (unpaired) electrons. The fraction of sp³-hybridized carbons (Fsp3) is 0.333. The highest BCUT2D eigenvalue weighted by Gasteiger charge is 2.33. The van der Waals surface area contributed by atoms with E-state index in [1.165, 1.54) is 12.1 Å². The topological polar surface area (TPSA) is 58.2 Å². The lowest BCUT2D eigenvalue weighted by Crippen LogP contribution is -2.36. The first-order chi connectivity index (χ1) is 9.36. The third-order valence-corrected chi connectivity index (χ3v) is 2.55. The van der Waals surface area contributed by atoms with Gasteiger partial charge in [-0.1, -0.05) is 12.1 Å². The number of nitrogens with one attached hydrogen (secondary N) is 2. The summed E-state index contributed by atoms with van der Waals surface area (Å²) in [5.74, 6) is -1.86. The van der Waals surface area contributed by atoms with Crippen LogP contribution in [0.25, 0.3) is 0 Å². The van der Waals surface area contributed by atoms with Crippen molar-refractivity contribution in [1.29, 1.82) is 0 Å². The van der Waals surface area contributed by atoms with Crippen molar-refractivity contribution in [3.8, 4) is 0 Å². The molecule has 0 saturated heterocycles. The number of alkyl halides is 4. The first-order valence-corrected chi connectivity index (χ1v) is 6.21. The normalized spacial score (nSPS) is 11.0. The van der Waals surface area contributed by atoms with Gasteiger partial charge in [0, 0.05) is 12.4 Å². The Morgan fingerprint density at radius 2 is 1.80 bits per heavy atom. The van der Waals surface area contributed by atoms with Crippen molar-refractivity contribution in [2.45, 2.75) is 12.6 Å². The molecule has 0 unspecified atom stereocenters. The van der Waals surface area contributed by atoms with Crippen LogP contribution in [0.5, 0.6) is 0 Å². The molecule has 110 valence electrons. The number of anilines is 1. The highest BCUT2D eigenvalue weighted by atomic mass is 35.5. The molecule has 1 aromatic rings. The van der Waals surface area contributed by atoms with Gasteiger partial charge in [0.25, 0.3) is 0 Å². The molecule has 20 heavy (non-hydrogen) atoms. The van der Waals surface area contributed by atoms with Crippen LogP contribution in [0.4, 0.5) is 18.9 Å². The van der Waals surface area contributed by atoms with Crippen molar-refractivity contribution >= 4 is 29.1 Å². The Balaban J connectivity index is 2.74. The number of amides is 2. The lowest BCUT2D eigenvalue weighted by Gasteiger charge is -2.13. The van der Waals surface area contributed by atoms with E-state index in [1.807, 2.05) is 5.32 Å². The van der Waals surface area contributed by atoms with E-state index in [1.54, 1.807) is 0 Å². The molecule has 0 aromatic heterocycles. The lowest BCUT2D eigenvalue weighted by molar-refractivity contribution is -0.138. The number of carbonyl (C=O) groups is 2. The third-order valence-electron chi connectivity index (χ3n) is 2.28. The van der Waals surface area contributed by atoms with E-state index < -0.39 is 29.2 Å². The van der Waals surface area contributed by atoms with Crippen LogP contribution in [0.1, 0.15) is 12.0 Å². The zero-order valence-electron chi connectivity index (χ0n) is 10.3. The summed E-state index contributed by atoms with van der Waals surface area (Å²) in [4.78, 5) is 22.8. The molecule has 0 spiro atoms. The van der Waals surface area contributed by atoms with E-state index >= 15 is 0 Å². The maximum atomic E-state index is 12.7.